The molecular weight excluding hydrogens is 448 g/mol. The van der Waals surface area contributed by atoms with Gasteiger partial charge in [0.1, 0.15) is 11.6 Å². The number of hydrogen-bond acceptors (Lipinski definition) is 10. The largest absolute Gasteiger partial charge is 0.497 e. The van der Waals surface area contributed by atoms with Crippen LogP contribution in [0.2, 0.25) is 0 Å². The highest BCUT2D eigenvalue weighted by molar-refractivity contribution is 7.97. The number of nitrogens with two attached hydrogens (primary N) is 2. The molecule has 34 heavy (non-hydrogen) atoms. The van der Waals surface area contributed by atoms with Gasteiger partial charge in [-0.2, -0.15) is 9.97 Å². The second-order valence-corrected chi connectivity index (χ2v) is 9.00. The monoisotopic (exact) mass is 478 g/mol. The number of aryl methyl sites for hydroxylation is 1. The molecule has 0 aliphatic carbocycles. The first-order chi connectivity index (χ1) is 16.5. The molecule has 3 aromatic rings. The molecule has 4 rings (SSSR count). The van der Waals surface area contributed by atoms with Crippen LogP contribution in [-0.2, 0) is 0 Å². The zero-order chi connectivity index (χ0) is 23.9. The molecule has 0 atom stereocenters. The van der Waals surface area contributed by atoms with E-state index in [1.54, 1.807) is 31.3 Å². The maximum atomic E-state index is 6.12. The fourth-order valence-corrected chi connectivity index (χ4v) is 4.38. The first-order valence-electron chi connectivity index (χ1n) is 11.0. The zero-order valence-electron chi connectivity index (χ0n) is 19.4. The predicted molar refractivity (Wildman–Crippen MR) is 139 cm³/mol. The number of nitrogens with one attached hydrogen (secondary N) is 1. The highest BCUT2D eigenvalue weighted by Gasteiger charge is 2.21. The minimum absolute atomic E-state index is 0.552. The van der Waals surface area contributed by atoms with Gasteiger partial charge in [-0.1, -0.05) is 17.7 Å². The Balaban J connectivity index is 1.47. The van der Waals surface area contributed by atoms with Crippen molar-refractivity contribution in [1.29, 1.82) is 0 Å². The van der Waals surface area contributed by atoms with E-state index >= 15 is 0 Å². The Hall–Kier alpha value is -3.47. The van der Waals surface area contributed by atoms with E-state index < -0.39 is 0 Å². The Morgan fingerprint density at radius 2 is 1.74 bits per heavy atom. The third kappa shape index (κ3) is 6.10. The van der Waals surface area contributed by atoms with Gasteiger partial charge in [-0.25, -0.2) is 10.1 Å². The number of piperazine rings is 1. The lowest BCUT2D eigenvalue weighted by molar-refractivity contribution is 0.414. The van der Waals surface area contributed by atoms with Gasteiger partial charge in [0.15, 0.2) is 5.82 Å². The van der Waals surface area contributed by atoms with E-state index in [4.69, 9.17) is 21.3 Å². The highest BCUT2D eigenvalue weighted by Crippen LogP contribution is 2.28. The number of rotatable bonds is 8. The molecular formula is C24H30N8OS. The fraction of sp³-hybridized carbons (Fsp3) is 0.250. The molecule has 2 aromatic carbocycles. The maximum Gasteiger partial charge on any atom is 0.229 e. The van der Waals surface area contributed by atoms with Gasteiger partial charge in [-0.15, -0.1) is 0 Å². The van der Waals surface area contributed by atoms with E-state index in [0.29, 0.717) is 17.6 Å². The van der Waals surface area contributed by atoms with Crippen molar-refractivity contribution in [2.45, 2.75) is 11.8 Å². The summed E-state index contributed by atoms with van der Waals surface area (Å²) in [5.74, 6) is 8.83. The predicted octanol–water partition coefficient (Wildman–Crippen LogP) is 3.48. The average Bonchev–Trinajstić information content (AvgIpc) is 2.86. The van der Waals surface area contributed by atoms with Crippen molar-refractivity contribution in [2.75, 3.05) is 48.5 Å². The topological polar surface area (TPSA) is 109 Å². The molecule has 0 saturated carbocycles. The number of methoxy groups -OCH3 is 1. The Labute approximate surface area is 204 Å². The molecule has 0 bridgehead atoms. The second-order valence-electron chi connectivity index (χ2n) is 7.83. The molecule has 9 nitrogen and oxygen atoms in total. The molecule has 1 fully saturated rings. The number of benzene rings is 2. The lowest BCUT2D eigenvalue weighted by Crippen LogP contribution is -2.44. The van der Waals surface area contributed by atoms with Crippen LogP contribution in [0.1, 0.15) is 5.56 Å². The molecule has 0 unspecified atom stereocenters. The van der Waals surface area contributed by atoms with Gasteiger partial charge in [0.2, 0.25) is 5.95 Å². The van der Waals surface area contributed by atoms with Crippen LogP contribution in [0, 0.1) is 6.92 Å². The van der Waals surface area contributed by atoms with Crippen molar-refractivity contribution in [1.82, 2.24) is 14.3 Å². The summed E-state index contributed by atoms with van der Waals surface area (Å²) in [7, 11) is 1.68. The molecule has 0 radical (unpaired) electrons. The second kappa shape index (κ2) is 11.1. The fourth-order valence-electron chi connectivity index (χ4n) is 3.48. The molecule has 0 spiro atoms. The molecule has 1 saturated heterocycles. The van der Waals surface area contributed by atoms with E-state index in [9.17, 15) is 0 Å². The van der Waals surface area contributed by atoms with Crippen molar-refractivity contribution in [3.63, 3.8) is 0 Å². The highest BCUT2D eigenvalue weighted by atomic mass is 32.2. The van der Waals surface area contributed by atoms with Gasteiger partial charge in [-0.05, 0) is 55.3 Å². The smallest absolute Gasteiger partial charge is 0.229 e. The Morgan fingerprint density at radius 3 is 2.38 bits per heavy atom. The summed E-state index contributed by atoms with van der Waals surface area (Å²) in [5, 5.41) is 4.75. The number of hydrogen-bond donors (Lipinski definition) is 3. The lowest BCUT2D eigenvalue weighted by atomic mass is 10.2. The third-order valence-corrected chi connectivity index (χ3v) is 6.46. The summed E-state index contributed by atoms with van der Waals surface area (Å²) >= 11 is 1.75. The number of ether oxygens (including phenoxy) is 1. The standard InChI is InChI=1S/C24H30N8OS/c1-18-3-5-19(6-4-18)27-22-17-23(32(26)12-11-25)29-24(28-22)30-13-15-31(16-14-30)34-21-9-7-20(33-2)8-10-21/h3-12,17H,13-16,25-26H2,1-2H3,(H,27,28,29)/b12-11-. The zero-order valence-corrected chi connectivity index (χ0v) is 20.2. The van der Waals surface area contributed by atoms with Crippen molar-refractivity contribution in [2.24, 2.45) is 11.6 Å². The molecule has 178 valence electrons. The molecule has 1 aliphatic heterocycles. The lowest BCUT2D eigenvalue weighted by Gasteiger charge is -2.34. The van der Waals surface area contributed by atoms with Crippen molar-refractivity contribution in [3.8, 4) is 5.75 Å². The van der Waals surface area contributed by atoms with Crippen LogP contribution in [0.25, 0.3) is 0 Å². The molecule has 10 heteroatoms. The summed E-state index contributed by atoms with van der Waals surface area (Å²) < 4.78 is 7.59. The van der Waals surface area contributed by atoms with Crippen molar-refractivity contribution < 1.29 is 4.74 Å². The van der Waals surface area contributed by atoms with Crippen LogP contribution in [-0.4, -0.2) is 47.6 Å². The van der Waals surface area contributed by atoms with E-state index in [0.717, 1.165) is 37.6 Å². The van der Waals surface area contributed by atoms with Gasteiger partial charge in [0.05, 0.1) is 7.11 Å². The molecule has 1 aliphatic rings. The number of aromatic nitrogens is 2. The van der Waals surface area contributed by atoms with E-state index in [2.05, 4.69) is 50.7 Å². The van der Waals surface area contributed by atoms with Crippen LogP contribution in [0.5, 0.6) is 5.75 Å². The van der Waals surface area contributed by atoms with E-state index in [1.165, 1.54) is 21.7 Å². The number of nitrogens with zero attached hydrogens (tertiary/aromatic N) is 5. The SMILES string of the molecule is COc1ccc(SN2CCN(c3nc(Nc4ccc(C)cc4)cc(N(N)/C=C\N)n3)CC2)cc1. The summed E-state index contributed by atoms with van der Waals surface area (Å²) in [6, 6.07) is 18.1. The van der Waals surface area contributed by atoms with Crippen molar-refractivity contribution >= 4 is 35.2 Å². The summed E-state index contributed by atoms with van der Waals surface area (Å²) in [5.41, 5.74) is 7.67. The number of hydrazine groups is 1. The van der Waals surface area contributed by atoms with Gasteiger partial charge < -0.3 is 20.7 Å². The summed E-state index contributed by atoms with van der Waals surface area (Å²) in [6.45, 7) is 5.41. The van der Waals surface area contributed by atoms with Gasteiger partial charge in [0.25, 0.3) is 0 Å². The Bertz CT molecular complexity index is 1100. The normalized spacial score (nSPS) is 14.4. The first kappa shape index (κ1) is 23.7. The number of anilines is 4. The van der Waals surface area contributed by atoms with Crippen LogP contribution < -0.4 is 31.5 Å². The first-order valence-corrected chi connectivity index (χ1v) is 11.8. The summed E-state index contributed by atoms with van der Waals surface area (Å²) in [4.78, 5) is 12.8. The van der Waals surface area contributed by atoms with E-state index in [1.807, 2.05) is 24.3 Å². The minimum Gasteiger partial charge on any atom is -0.497 e. The molecule has 5 N–H and O–H groups in total. The maximum absolute atomic E-state index is 6.12. The minimum atomic E-state index is 0.552. The van der Waals surface area contributed by atoms with Gasteiger partial charge in [-0.3, -0.25) is 5.01 Å². The van der Waals surface area contributed by atoms with Crippen LogP contribution >= 0.6 is 11.9 Å². The van der Waals surface area contributed by atoms with Crippen LogP contribution in [0.3, 0.4) is 0 Å². The molecule has 2 heterocycles. The van der Waals surface area contributed by atoms with E-state index in [-0.39, 0.29) is 0 Å². The third-order valence-electron chi connectivity index (χ3n) is 5.35. The summed E-state index contributed by atoms with van der Waals surface area (Å²) in [6.07, 6.45) is 2.94. The van der Waals surface area contributed by atoms with Gasteiger partial charge in [0, 0.05) is 55.2 Å². The average molecular weight is 479 g/mol. The van der Waals surface area contributed by atoms with Crippen LogP contribution in [0.4, 0.5) is 23.3 Å². The van der Waals surface area contributed by atoms with Crippen LogP contribution in [0.15, 0.2) is 71.9 Å². The molecule has 0 amide bonds. The van der Waals surface area contributed by atoms with Crippen molar-refractivity contribution in [3.05, 3.63) is 72.6 Å². The molecule has 1 aromatic heterocycles. The quantitative estimate of drug-likeness (QED) is 0.253. The van der Waals surface area contributed by atoms with Gasteiger partial charge >= 0.3 is 0 Å². The Kier molecular flexibility index (Phi) is 7.73. The Morgan fingerprint density at radius 1 is 1.03 bits per heavy atom.